The van der Waals surface area contributed by atoms with E-state index in [9.17, 15) is 4.79 Å². The van der Waals surface area contributed by atoms with E-state index in [4.69, 9.17) is 10.5 Å². The third kappa shape index (κ3) is 3.37. The first-order valence-corrected chi connectivity index (χ1v) is 7.33. The van der Waals surface area contributed by atoms with Crippen LogP contribution in [0.2, 0.25) is 0 Å². The van der Waals surface area contributed by atoms with Gasteiger partial charge in [0, 0.05) is 4.88 Å². The SMILES string of the molecule is CCOc1cc(C)ccc1NC(=O)C(N)c1cccs1. The zero-order valence-corrected chi connectivity index (χ0v) is 12.4. The average molecular weight is 290 g/mol. The van der Waals surface area contributed by atoms with Crippen LogP contribution in [0.15, 0.2) is 35.7 Å². The van der Waals surface area contributed by atoms with Crippen molar-refractivity contribution < 1.29 is 9.53 Å². The van der Waals surface area contributed by atoms with Gasteiger partial charge in [0.25, 0.3) is 0 Å². The molecule has 3 N–H and O–H groups in total. The van der Waals surface area contributed by atoms with Gasteiger partial charge in [-0.3, -0.25) is 4.79 Å². The zero-order chi connectivity index (χ0) is 14.5. The molecule has 4 nitrogen and oxygen atoms in total. The Labute approximate surface area is 122 Å². The molecule has 2 rings (SSSR count). The molecule has 0 aliphatic heterocycles. The van der Waals surface area contributed by atoms with Gasteiger partial charge in [-0.15, -0.1) is 11.3 Å². The predicted octanol–water partition coefficient (Wildman–Crippen LogP) is 3.09. The minimum absolute atomic E-state index is 0.239. The van der Waals surface area contributed by atoms with Crippen molar-refractivity contribution in [2.45, 2.75) is 19.9 Å². The Morgan fingerprint density at radius 1 is 1.45 bits per heavy atom. The Kier molecular flexibility index (Phi) is 4.76. The van der Waals surface area contributed by atoms with Crippen molar-refractivity contribution in [1.29, 1.82) is 0 Å². The van der Waals surface area contributed by atoms with Crippen LogP contribution in [0.1, 0.15) is 23.4 Å². The summed E-state index contributed by atoms with van der Waals surface area (Å²) in [4.78, 5) is 13.0. The molecular formula is C15H18N2O2S. The molecule has 0 aliphatic rings. The minimum Gasteiger partial charge on any atom is -0.492 e. The predicted molar refractivity (Wildman–Crippen MR) is 82.2 cm³/mol. The highest BCUT2D eigenvalue weighted by Crippen LogP contribution is 2.27. The molecule has 1 amide bonds. The Bertz CT molecular complexity index is 582. The number of nitrogens with one attached hydrogen (secondary N) is 1. The number of carbonyl (C=O) groups excluding carboxylic acids is 1. The fraction of sp³-hybridized carbons (Fsp3) is 0.267. The van der Waals surface area contributed by atoms with E-state index in [1.165, 1.54) is 11.3 Å². The van der Waals surface area contributed by atoms with Crippen LogP contribution in [0, 0.1) is 6.92 Å². The van der Waals surface area contributed by atoms with Crippen LogP contribution >= 0.6 is 11.3 Å². The van der Waals surface area contributed by atoms with Gasteiger partial charge in [-0.2, -0.15) is 0 Å². The van der Waals surface area contributed by atoms with E-state index in [1.807, 2.05) is 49.6 Å². The first-order valence-electron chi connectivity index (χ1n) is 6.45. The van der Waals surface area contributed by atoms with Crippen LogP contribution in [0.3, 0.4) is 0 Å². The summed E-state index contributed by atoms with van der Waals surface area (Å²) in [5.74, 6) is 0.427. The largest absolute Gasteiger partial charge is 0.492 e. The number of hydrogen-bond acceptors (Lipinski definition) is 4. The second kappa shape index (κ2) is 6.54. The maximum atomic E-state index is 12.2. The van der Waals surface area contributed by atoms with Crippen LogP contribution < -0.4 is 15.8 Å². The van der Waals surface area contributed by atoms with Gasteiger partial charge in [-0.05, 0) is 43.0 Å². The Hall–Kier alpha value is -1.85. The number of ether oxygens (including phenoxy) is 1. The molecule has 1 aromatic heterocycles. The van der Waals surface area contributed by atoms with Gasteiger partial charge in [0.2, 0.25) is 5.91 Å². The van der Waals surface area contributed by atoms with E-state index in [0.29, 0.717) is 18.0 Å². The molecule has 1 heterocycles. The van der Waals surface area contributed by atoms with Crippen molar-refractivity contribution in [3.05, 3.63) is 46.2 Å². The summed E-state index contributed by atoms with van der Waals surface area (Å²) < 4.78 is 5.54. The Morgan fingerprint density at radius 2 is 2.25 bits per heavy atom. The second-order valence-corrected chi connectivity index (χ2v) is 5.39. The quantitative estimate of drug-likeness (QED) is 0.889. The number of thiophene rings is 1. The van der Waals surface area contributed by atoms with Gasteiger partial charge >= 0.3 is 0 Å². The van der Waals surface area contributed by atoms with Crippen molar-refractivity contribution in [2.75, 3.05) is 11.9 Å². The van der Waals surface area contributed by atoms with Gasteiger partial charge in [0.1, 0.15) is 11.8 Å². The fourth-order valence-corrected chi connectivity index (χ4v) is 2.54. The van der Waals surface area contributed by atoms with Crippen molar-refractivity contribution in [3.63, 3.8) is 0 Å². The summed E-state index contributed by atoms with van der Waals surface area (Å²) >= 11 is 1.47. The number of amides is 1. The lowest BCUT2D eigenvalue weighted by Crippen LogP contribution is -2.27. The topological polar surface area (TPSA) is 64.3 Å². The molecular weight excluding hydrogens is 272 g/mol. The third-order valence-electron chi connectivity index (χ3n) is 2.83. The van der Waals surface area contributed by atoms with E-state index in [0.717, 1.165) is 10.4 Å². The van der Waals surface area contributed by atoms with Gasteiger partial charge in [-0.1, -0.05) is 12.1 Å². The van der Waals surface area contributed by atoms with Gasteiger partial charge in [-0.25, -0.2) is 0 Å². The lowest BCUT2D eigenvalue weighted by Gasteiger charge is -2.14. The fourth-order valence-electron chi connectivity index (χ4n) is 1.82. The Morgan fingerprint density at radius 3 is 2.90 bits per heavy atom. The summed E-state index contributed by atoms with van der Waals surface area (Å²) in [6.45, 7) is 4.43. The number of nitrogens with two attached hydrogens (primary N) is 1. The molecule has 0 radical (unpaired) electrons. The number of carbonyl (C=O) groups is 1. The first kappa shape index (κ1) is 14.6. The summed E-state index contributed by atoms with van der Waals surface area (Å²) in [6.07, 6.45) is 0. The van der Waals surface area contributed by atoms with E-state index in [1.54, 1.807) is 0 Å². The Balaban J connectivity index is 2.15. The molecule has 106 valence electrons. The van der Waals surface area contributed by atoms with Gasteiger partial charge in [0.15, 0.2) is 0 Å². The molecule has 1 atom stereocenters. The minimum atomic E-state index is -0.661. The molecule has 0 aliphatic carbocycles. The summed E-state index contributed by atoms with van der Waals surface area (Å²) in [6, 6.07) is 8.73. The lowest BCUT2D eigenvalue weighted by atomic mass is 10.2. The first-order chi connectivity index (χ1) is 9.61. The second-order valence-electron chi connectivity index (χ2n) is 4.41. The van der Waals surface area contributed by atoms with Crippen LogP contribution in [0.5, 0.6) is 5.75 Å². The van der Waals surface area contributed by atoms with Crippen LogP contribution in [0.25, 0.3) is 0 Å². The zero-order valence-electron chi connectivity index (χ0n) is 11.6. The van der Waals surface area contributed by atoms with Gasteiger partial charge in [0.05, 0.1) is 12.3 Å². The molecule has 0 fully saturated rings. The number of hydrogen-bond donors (Lipinski definition) is 2. The normalized spacial score (nSPS) is 11.9. The van der Waals surface area contributed by atoms with E-state index in [2.05, 4.69) is 5.32 Å². The van der Waals surface area contributed by atoms with Crippen molar-refractivity contribution >= 4 is 22.9 Å². The molecule has 5 heteroatoms. The monoisotopic (exact) mass is 290 g/mol. The third-order valence-corrected chi connectivity index (χ3v) is 3.78. The highest BCUT2D eigenvalue weighted by atomic mass is 32.1. The van der Waals surface area contributed by atoms with E-state index < -0.39 is 6.04 Å². The lowest BCUT2D eigenvalue weighted by molar-refractivity contribution is -0.117. The summed E-state index contributed by atoms with van der Waals surface area (Å²) in [5, 5.41) is 4.73. The van der Waals surface area contributed by atoms with Crippen molar-refractivity contribution in [2.24, 2.45) is 5.73 Å². The van der Waals surface area contributed by atoms with E-state index in [-0.39, 0.29) is 5.91 Å². The maximum Gasteiger partial charge on any atom is 0.246 e. The smallest absolute Gasteiger partial charge is 0.246 e. The summed E-state index contributed by atoms with van der Waals surface area (Å²) in [5.41, 5.74) is 7.67. The molecule has 2 aromatic rings. The molecule has 0 saturated heterocycles. The van der Waals surface area contributed by atoms with Crippen LogP contribution in [-0.4, -0.2) is 12.5 Å². The van der Waals surface area contributed by atoms with Crippen LogP contribution in [-0.2, 0) is 4.79 Å². The number of rotatable bonds is 5. The van der Waals surface area contributed by atoms with Crippen LogP contribution in [0.4, 0.5) is 5.69 Å². The van der Waals surface area contributed by atoms with Crippen molar-refractivity contribution in [3.8, 4) is 5.75 Å². The highest BCUT2D eigenvalue weighted by Gasteiger charge is 2.18. The maximum absolute atomic E-state index is 12.2. The number of benzene rings is 1. The molecule has 1 unspecified atom stereocenters. The molecule has 0 spiro atoms. The summed E-state index contributed by atoms with van der Waals surface area (Å²) in [7, 11) is 0. The molecule has 0 bridgehead atoms. The number of anilines is 1. The standard InChI is InChI=1S/C15H18N2O2S/c1-3-19-12-9-10(2)6-7-11(12)17-15(18)14(16)13-5-4-8-20-13/h4-9,14H,3,16H2,1-2H3,(H,17,18). The highest BCUT2D eigenvalue weighted by molar-refractivity contribution is 7.10. The van der Waals surface area contributed by atoms with Gasteiger partial charge < -0.3 is 15.8 Å². The molecule has 1 aromatic carbocycles. The van der Waals surface area contributed by atoms with Crippen molar-refractivity contribution in [1.82, 2.24) is 0 Å². The molecule has 20 heavy (non-hydrogen) atoms. The average Bonchev–Trinajstić information content (AvgIpc) is 2.95. The number of aryl methyl sites for hydroxylation is 1. The molecule has 0 saturated carbocycles. The van der Waals surface area contributed by atoms with E-state index >= 15 is 0 Å².